The third kappa shape index (κ3) is 2.90. The third-order valence-electron chi connectivity index (χ3n) is 4.75. The summed E-state index contributed by atoms with van der Waals surface area (Å²) >= 11 is 0. The van der Waals surface area contributed by atoms with Crippen LogP contribution in [0.5, 0.6) is 11.5 Å². The van der Waals surface area contributed by atoms with Crippen molar-refractivity contribution in [2.75, 3.05) is 12.4 Å². The molecule has 0 bridgehead atoms. The molecule has 4 rings (SSSR count). The number of urea groups is 1. The molecule has 0 aromatic heterocycles. The Morgan fingerprint density at radius 1 is 1.25 bits per heavy atom. The van der Waals surface area contributed by atoms with Gasteiger partial charge in [-0.25, -0.2) is 9.18 Å². The van der Waals surface area contributed by atoms with Crippen LogP contribution < -0.4 is 25.4 Å². The van der Waals surface area contributed by atoms with Crippen molar-refractivity contribution in [3.8, 4) is 11.5 Å². The quantitative estimate of drug-likeness (QED) is 0.697. The zero-order valence-corrected chi connectivity index (χ0v) is 14.7. The molecule has 1 fully saturated rings. The van der Waals surface area contributed by atoms with Gasteiger partial charge in [0.05, 0.1) is 7.11 Å². The Kier molecular flexibility index (Phi) is 4.14. The van der Waals surface area contributed by atoms with Crippen LogP contribution in [-0.2, 0) is 15.1 Å². The average molecular weight is 385 g/mol. The number of amides is 4. The molecular formula is C19H16FN3O5. The lowest BCUT2D eigenvalue weighted by Crippen LogP contribution is -2.53. The van der Waals surface area contributed by atoms with Crippen molar-refractivity contribution in [1.82, 2.24) is 10.6 Å². The second-order valence-corrected chi connectivity index (χ2v) is 6.48. The minimum atomic E-state index is -1.57. The second kappa shape index (κ2) is 6.52. The predicted octanol–water partition coefficient (Wildman–Crippen LogP) is 1.66. The van der Waals surface area contributed by atoms with E-state index in [4.69, 9.17) is 9.47 Å². The standard InChI is InChI=1S/C19H16FN3O5/c1-27-12-5-3-11(4-6-12)21-16(24)15-9-19(17(25)22-18(26)23-19)13-8-10(20)2-7-14(13)28-15/h2-8,15H,9H2,1H3,(H,21,24)(H2,22,23,25,26)/t15-,19-/m1/s1. The van der Waals surface area contributed by atoms with Gasteiger partial charge in [-0.3, -0.25) is 14.9 Å². The van der Waals surface area contributed by atoms with Crippen LogP contribution >= 0.6 is 0 Å². The number of fused-ring (bicyclic) bond motifs is 2. The Morgan fingerprint density at radius 2 is 2.00 bits per heavy atom. The Bertz CT molecular complexity index is 978. The van der Waals surface area contributed by atoms with Crippen molar-refractivity contribution in [2.45, 2.75) is 18.1 Å². The molecule has 0 aliphatic carbocycles. The minimum absolute atomic E-state index is 0.153. The molecule has 9 heteroatoms. The number of halogens is 1. The summed E-state index contributed by atoms with van der Waals surface area (Å²) in [6.07, 6.45) is -1.26. The lowest BCUT2D eigenvalue weighted by Gasteiger charge is -2.36. The Labute approximate surface area is 159 Å². The molecule has 2 aliphatic heterocycles. The van der Waals surface area contributed by atoms with Crippen molar-refractivity contribution in [2.24, 2.45) is 0 Å². The molecule has 8 nitrogen and oxygen atoms in total. The lowest BCUT2D eigenvalue weighted by molar-refractivity contribution is -0.129. The summed E-state index contributed by atoms with van der Waals surface area (Å²) in [6, 6.07) is 9.57. The number of imide groups is 1. The fraction of sp³-hybridized carbons (Fsp3) is 0.211. The summed E-state index contributed by atoms with van der Waals surface area (Å²) in [6.45, 7) is 0. The number of carbonyl (C=O) groups excluding carboxylic acids is 3. The maximum atomic E-state index is 13.8. The number of hydrogen-bond acceptors (Lipinski definition) is 5. The normalized spacial score (nSPS) is 22.7. The average Bonchev–Trinajstić information content (AvgIpc) is 2.96. The first-order valence-corrected chi connectivity index (χ1v) is 8.46. The predicted molar refractivity (Wildman–Crippen MR) is 95.4 cm³/mol. The Hall–Kier alpha value is -3.62. The molecule has 2 aromatic rings. The molecule has 2 atom stereocenters. The van der Waals surface area contributed by atoms with Crippen LogP contribution in [-0.4, -0.2) is 31.1 Å². The Morgan fingerprint density at radius 3 is 2.64 bits per heavy atom. The van der Waals surface area contributed by atoms with Crippen molar-refractivity contribution < 1.29 is 28.2 Å². The largest absolute Gasteiger partial charge is 0.497 e. The van der Waals surface area contributed by atoms with Gasteiger partial charge in [0.15, 0.2) is 11.6 Å². The monoisotopic (exact) mass is 385 g/mol. The van der Waals surface area contributed by atoms with Gasteiger partial charge in [-0.15, -0.1) is 0 Å². The molecular weight excluding hydrogens is 369 g/mol. The van der Waals surface area contributed by atoms with E-state index < -0.39 is 35.3 Å². The molecule has 2 aliphatic rings. The third-order valence-corrected chi connectivity index (χ3v) is 4.75. The summed E-state index contributed by atoms with van der Waals surface area (Å²) in [4.78, 5) is 37.0. The number of rotatable bonds is 3. The van der Waals surface area contributed by atoms with Crippen LogP contribution in [0, 0.1) is 5.82 Å². The van der Waals surface area contributed by atoms with Crippen molar-refractivity contribution in [3.63, 3.8) is 0 Å². The molecule has 1 spiro atoms. The minimum Gasteiger partial charge on any atom is -0.497 e. The number of hydrogen-bond donors (Lipinski definition) is 3. The van der Waals surface area contributed by atoms with E-state index in [9.17, 15) is 18.8 Å². The fourth-order valence-electron chi connectivity index (χ4n) is 3.39. The van der Waals surface area contributed by atoms with Gasteiger partial charge in [-0.2, -0.15) is 0 Å². The first kappa shape index (κ1) is 17.8. The summed E-state index contributed by atoms with van der Waals surface area (Å²) in [7, 11) is 1.53. The van der Waals surface area contributed by atoms with E-state index in [1.807, 2.05) is 0 Å². The molecule has 0 radical (unpaired) electrons. The number of methoxy groups -OCH3 is 1. The number of ether oxygens (including phenoxy) is 2. The number of benzene rings is 2. The van der Waals surface area contributed by atoms with E-state index in [-0.39, 0.29) is 17.7 Å². The molecule has 0 saturated carbocycles. The van der Waals surface area contributed by atoms with E-state index >= 15 is 0 Å². The van der Waals surface area contributed by atoms with E-state index in [1.165, 1.54) is 13.2 Å². The summed E-state index contributed by atoms with van der Waals surface area (Å²) in [5.41, 5.74) is -0.896. The zero-order chi connectivity index (χ0) is 19.9. The van der Waals surface area contributed by atoms with Crippen LogP contribution in [0.3, 0.4) is 0 Å². The molecule has 4 amide bonds. The topological polar surface area (TPSA) is 106 Å². The van der Waals surface area contributed by atoms with Gasteiger partial charge in [0.2, 0.25) is 0 Å². The molecule has 144 valence electrons. The smallest absolute Gasteiger partial charge is 0.322 e. The summed E-state index contributed by atoms with van der Waals surface area (Å²) in [5, 5.41) is 7.37. The van der Waals surface area contributed by atoms with Gasteiger partial charge < -0.3 is 20.1 Å². The SMILES string of the molecule is COc1ccc(NC(=O)[C@H]2C[C@@]3(NC(=O)NC3=O)c3cc(F)ccc3O2)cc1. The fourth-order valence-corrected chi connectivity index (χ4v) is 3.39. The molecule has 1 saturated heterocycles. The van der Waals surface area contributed by atoms with Gasteiger partial charge in [-0.1, -0.05) is 0 Å². The van der Waals surface area contributed by atoms with Gasteiger partial charge in [0.1, 0.15) is 17.3 Å². The van der Waals surface area contributed by atoms with Crippen LogP contribution in [0.15, 0.2) is 42.5 Å². The summed E-state index contributed by atoms with van der Waals surface area (Å²) in [5.74, 6) is -0.966. The molecule has 28 heavy (non-hydrogen) atoms. The molecule has 2 heterocycles. The maximum absolute atomic E-state index is 13.8. The molecule has 3 N–H and O–H groups in total. The van der Waals surface area contributed by atoms with Crippen LogP contribution in [0.4, 0.5) is 14.9 Å². The van der Waals surface area contributed by atoms with Gasteiger partial charge >= 0.3 is 6.03 Å². The van der Waals surface area contributed by atoms with E-state index in [0.717, 1.165) is 12.1 Å². The van der Waals surface area contributed by atoms with Gasteiger partial charge in [-0.05, 0) is 42.5 Å². The first-order chi connectivity index (χ1) is 13.4. The lowest BCUT2D eigenvalue weighted by atomic mass is 9.81. The van der Waals surface area contributed by atoms with Crippen molar-refractivity contribution >= 4 is 23.5 Å². The van der Waals surface area contributed by atoms with E-state index in [0.29, 0.717) is 11.4 Å². The zero-order valence-electron chi connectivity index (χ0n) is 14.7. The number of nitrogens with one attached hydrogen (secondary N) is 3. The van der Waals surface area contributed by atoms with E-state index in [2.05, 4.69) is 16.0 Å². The van der Waals surface area contributed by atoms with Crippen LogP contribution in [0.2, 0.25) is 0 Å². The highest BCUT2D eigenvalue weighted by atomic mass is 19.1. The van der Waals surface area contributed by atoms with Crippen LogP contribution in [0.25, 0.3) is 0 Å². The van der Waals surface area contributed by atoms with Gasteiger partial charge in [0.25, 0.3) is 11.8 Å². The Balaban J connectivity index is 1.64. The van der Waals surface area contributed by atoms with Crippen LogP contribution in [0.1, 0.15) is 12.0 Å². The molecule has 2 aromatic carbocycles. The van der Waals surface area contributed by atoms with Crippen molar-refractivity contribution in [3.05, 3.63) is 53.8 Å². The van der Waals surface area contributed by atoms with Crippen molar-refractivity contribution in [1.29, 1.82) is 0 Å². The van der Waals surface area contributed by atoms with Gasteiger partial charge in [0, 0.05) is 17.7 Å². The highest BCUT2D eigenvalue weighted by Gasteiger charge is 2.54. The molecule has 0 unspecified atom stereocenters. The first-order valence-electron chi connectivity index (χ1n) is 8.46. The highest BCUT2D eigenvalue weighted by Crippen LogP contribution is 2.42. The number of anilines is 1. The maximum Gasteiger partial charge on any atom is 0.322 e. The second-order valence-electron chi connectivity index (χ2n) is 6.48. The highest BCUT2D eigenvalue weighted by molar-refractivity contribution is 6.08. The van der Waals surface area contributed by atoms with E-state index in [1.54, 1.807) is 24.3 Å². The summed E-state index contributed by atoms with van der Waals surface area (Å²) < 4.78 is 24.5. The number of carbonyl (C=O) groups is 3.